The maximum atomic E-state index is 13.8. The van der Waals surface area contributed by atoms with Gasteiger partial charge in [-0.2, -0.15) is 13.2 Å². The zero-order valence-corrected chi connectivity index (χ0v) is 15.8. The van der Waals surface area contributed by atoms with Crippen LogP contribution in [0.25, 0.3) is 27.8 Å². The predicted molar refractivity (Wildman–Crippen MR) is 111 cm³/mol. The van der Waals surface area contributed by atoms with Crippen molar-refractivity contribution in [3.8, 4) is 11.3 Å². The van der Waals surface area contributed by atoms with Crippen molar-refractivity contribution in [2.45, 2.75) is 6.18 Å². The molecule has 0 atom stereocenters. The molecule has 0 saturated heterocycles. The lowest BCUT2D eigenvalue weighted by Gasteiger charge is -2.14. The van der Waals surface area contributed by atoms with Gasteiger partial charge in [0.2, 0.25) is 11.9 Å². The molecule has 5 rings (SSSR count). The van der Waals surface area contributed by atoms with Gasteiger partial charge in [-0.1, -0.05) is 36.4 Å². The molecule has 0 spiro atoms. The van der Waals surface area contributed by atoms with Crippen LogP contribution in [0.4, 0.5) is 30.8 Å². The van der Waals surface area contributed by atoms with Crippen molar-refractivity contribution in [3.05, 3.63) is 72.4 Å². The van der Waals surface area contributed by atoms with Crippen LogP contribution in [0.15, 0.2) is 66.7 Å². The van der Waals surface area contributed by atoms with Gasteiger partial charge >= 0.3 is 6.18 Å². The first-order valence-corrected chi connectivity index (χ1v) is 9.22. The van der Waals surface area contributed by atoms with Gasteiger partial charge in [-0.15, -0.1) is 10.2 Å². The zero-order chi connectivity index (χ0) is 21.6. The Labute approximate surface area is 173 Å². The third kappa shape index (κ3) is 3.27. The van der Waals surface area contributed by atoms with Crippen molar-refractivity contribution in [2.75, 3.05) is 11.1 Å². The molecule has 3 heterocycles. The summed E-state index contributed by atoms with van der Waals surface area (Å²) in [7, 11) is 0. The molecular weight excluding hydrogens is 407 g/mol. The second kappa shape index (κ2) is 6.94. The standard InChI is InChI=1S/C21H14F3N7/c22-21(23,24)16-11-10-14(17-13-8-4-5-9-15(13)27-19(25)28-17)18-29-30-20(31(16)18)26-12-6-2-1-3-7-12/h1-11H,(H,26,30)(H2,25,27,28). The summed E-state index contributed by atoms with van der Waals surface area (Å²) >= 11 is 0. The highest BCUT2D eigenvalue weighted by atomic mass is 19.4. The average molecular weight is 421 g/mol. The summed E-state index contributed by atoms with van der Waals surface area (Å²) in [5.41, 5.74) is 6.82. The maximum Gasteiger partial charge on any atom is 0.431 e. The summed E-state index contributed by atoms with van der Waals surface area (Å²) in [5, 5.41) is 11.6. The van der Waals surface area contributed by atoms with Crippen LogP contribution < -0.4 is 11.1 Å². The van der Waals surface area contributed by atoms with E-state index in [4.69, 9.17) is 5.73 Å². The predicted octanol–water partition coefficient (Wildman–Crippen LogP) is 4.68. The van der Waals surface area contributed by atoms with Gasteiger partial charge in [0.05, 0.1) is 11.2 Å². The molecule has 154 valence electrons. The Morgan fingerprint density at radius 2 is 1.58 bits per heavy atom. The molecule has 3 aromatic heterocycles. The van der Waals surface area contributed by atoms with Crippen molar-refractivity contribution < 1.29 is 13.2 Å². The van der Waals surface area contributed by atoms with Crippen LogP contribution in [0, 0.1) is 0 Å². The second-order valence-electron chi connectivity index (χ2n) is 6.75. The van der Waals surface area contributed by atoms with Gasteiger partial charge in [0.25, 0.3) is 0 Å². The fourth-order valence-electron chi connectivity index (χ4n) is 3.44. The van der Waals surface area contributed by atoms with E-state index in [2.05, 4.69) is 25.5 Å². The summed E-state index contributed by atoms with van der Waals surface area (Å²) in [4.78, 5) is 8.48. The number of hydrogen-bond acceptors (Lipinski definition) is 6. The number of nitrogen functional groups attached to an aromatic ring is 1. The maximum absolute atomic E-state index is 13.8. The number of hydrogen-bond donors (Lipinski definition) is 2. The van der Waals surface area contributed by atoms with Crippen LogP contribution in [0.1, 0.15) is 5.69 Å². The van der Waals surface area contributed by atoms with Crippen molar-refractivity contribution in [1.82, 2.24) is 24.6 Å². The van der Waals surface area contributed by atoms with E-state index < -0.39 is 11.9 Å². The Kier molecular flexibility index (Phi) is 4.21. The third-order valence-corrected chi connectivity index (χ3v) is 4.75. The van der Waals surface area contributed by atoms with Gasteiger partial charge in [0, 0.05) is 16.6 Å². The topological polar surface area (TPSA) is 94.0 Å². The van der Waals surface area contributed by atoms with E-state index in [-0.39, 0.29) is 17.5 Å². The first-order chi connectivity index (χ1) is 14.9. The first-order valence-electron chi connectivity index (χ1n) is 9.22. The number of nitrogens with two attached hydrogens (primary N) is 1. The molecule has 7 nitrogen and oxygen atoms in total. The highest BCUT2D eigenvalue weighted by Gasteiger charge is 2.35. The molecule has 31 heavy (non-hydrogen) atoms. The summed E-state index contributed by atoms with van der Waals surface area (Å²) in [5.74, 6) is -0.0596. The van der Waals surface area contributed by atoms with Gasteiger partial charge in [-0.25, -0.2) is 9.97 Å². The monoisotopic (exact) mass is 421 g/mol. The summed E-state index contributed by atoms with van der Waals surface area (Å²) in [6.07, 6.45) is -4.63. The molecule has 5 aromatic rings. The van der Waals surface area contributed by atoms with Gasteiger partial charge in [-0.3, -0.25) is 4.40 Å². The molecule has 0 aliphatic carbocycles. The lowest BCUT2D eigenvalue weighted by Crippen LogP contribution is -2.13. The van der Waals surface area contributed by atoms with Crippen molar-refractivity contribution in [1.29, 1.82) is 0 Å². The van der Waals surface area contributed by atoms with E-state index in [0.717, 1.165) is 10.5 Å². The largest absolute Gasteiger partial charge is 0.431 e. The van der Waals surface area contributed by atoms with E-state index in [1.807, 2.05) is 0 Å². The zero-order valence-electron chi connectivity index (χ0n) is 15.8. The smallest absolute Gasteiger partial charge is 0.368 e. The van der Waals surface area contributed by atoms with Crippen molar-refractivity contribution in [3.63, 3.8) is 0 Å². The summed E-state index contributed by atoms with van der Waals surface area (Å²) in [6.45, 7) is 0. The van der Waals surface area contributed by atoms with E-state index in [1.54, 1.807) is 54.6 Å². The number of aromatic nitrogens is 5. The summed E-state index contributed by atoms with van der Waals surface area (Å²) < 4.78 is 42.4. The Morgan fingerprint density at radius 1 is 0.839 bits per heavy atom. The number of halogens is 3. The fraction of sp³-hybridized carbons (Fsp3) is 0.0476. The Balaban J connectivity index is 1.79. The minimum Gasteiger partial charge on any atom is -0.368 e. The minimum atomic E-state index is -4.63. The van der Waals surface area contributed by atoms with E-state index in [1.165, 1.54) is 6.07 Å². The Morgan fingerprint density at radius 3 is 2.35 bits per heavy atom. The van der Waals surface area contributed by atoms with Crippen LogP contribution in [-0.2, 0) is 6.18 Å². The number of anilines is 3. The van der Waals surface area contributed by atoms with E-state index in [0.29, 0.717) is 27.8 Å². The number of rotatable bonds is 3. The minimum absolute atomic E-state index is 0.00323. The molecule has 3 N–H and O–H groups in total. The van der Waals surface area contributed by atoms with Crippen molar-refractivity contribution >= 4 is 34.1 Å². The molecule has 0 saturated carbocycles. The van der Waals surface area contributed by atoms with E-state index >= 15 is 0 Å². The lowest BCUT2D eigenvalue weighted by molar-refractivity contribution is -0.141. The number of para-hydroxylation sites is 2. The van der Waals surface area contributed by atoms with Gasteiger partial charge in [-0.05, 0) is 30.3 Å². The second-order valence-corrected chi connectivity index (χ2v) is 6.75. The number of fused-ring (bicyclic) bond motifs is 2. The van der Waals surface area contributed by atoms with Crippen LogP contribution in [0.5, 0.6) is 0 Å². The normalized spacial score (nSPS) is 11.8. The molecule has 0 amide bonds. The quantitative estimate of drug-likeness (QED) is 0.439. The van der Waals surface area contributed by atoms with Gasteiger partial charge in [0.1, 0.15) is 5.69 Å². The number of pyridine rings is 1. The van der Waals surface area contributed by atoms with Crippen LogP contribution in [0.3, 0.4) is 0 Å². The fourth-order valence-corrected chi connectivity index (χ4v) is 3.44. The summed E-state index contributed by atoms with van der Waals surface area (Å²) in [6, 6.07) is 18.2. The molecule has 10 heteroatoms. The Bertz CT molecular complexity index is 1410. The lowest BCUT2D eigenvalue weighted by atomic mass is 10.1. The van der Waals surface area contributed by atoms with Crippen molar-refractivity contribution in [2.24, 2.45) is 0 Å². The molecule has 0 bridgehead atoms. The molecule has 0 radical (unpaired) electrons. The third-order valence-electron chi connectivity index (χ3n) is 4.75. The average Bonchev–Trinajstić information content (AvgIpc) is 3.16. The van der Waals surface area contributed by atoms with Crippen LogP contribution in [-0.4, -0.2) is 24.6 Å². The number of nitrogens with one attached hydrogen (secondary N) is 1. The molecule has 2 aromatic carbocycles. The highest BCUT2D eigenvalue weighted by molar-refractivity contribution is 5.96. The number of benzene rings is 2. The molecule has 0 unspecified atom stereocenters. The SMILES string of the molecule is Nc1nc(-c2ccc(C(F)(F)F)n3c(Nc4ccccc4)nnc23)c2ccccc2n1. The molecule has 0 aliphatic heterocycles. The van der Waals surface area contributed by atoms with Crippen LogP contribution in [0.2, 0.25) is 0 Å². The number of nitrogens with zero attached hydrogens (tertiary/aromatic N) is 5. The number of alkyl halides is 3. The van der Waals surface area contributed by atoms with Gasteiger partial charge in [0.15, 0.2) is 5.65 Å². The highest BCUT2D eigenvalue weighted by Crippen LogP contribution is 2.36. The molecular formula is C21H14F3N7. The van der Waals surface area contributed by atoms with E-state index in [9.17, 15) is 13.2 Å². The van der Waals surface area contributed by atoms with Crippen LogP contribution >= 0.6 is 0 Å². The molecule has 0 fully saturated rings. The Hall–Kier alpha value is -4.21. The van der Waals surface area contributed by atoms with Gasteiger partial charge < -0.3 is 11.1 Å². The first kappa shape index (κ1) is 18.8. The molecule has 0 aliphatic rings.